The zero-order valence-electron chi connectivity index (χ0n) is 5.20. The number of rotatable bonds is 2. The molecular formula is C7H13. The molecule has 41 valence electrons. The summed E-state index contributed by atoms with van der Waals surface area (Å²) in [5, 5.41) is 0. The molecule has 0 aliphatic carbocycles. The number of hydrogen-bond acceptors (Lipinski definition) is 0. The Morgan fingerprint density at radius 3 is 2.43 bits per heavy atom. The van der Waals surface area contributed by atoms with Crippen LogP contribution in [0.25, 0.3) is 0 Å². The van der Waals surface area contributed by atoms with E-state index < -0.39 is 0 Å². The van der Waals surface area contributed by atoms with Crippen LogP contribution in [0.3, 0.4) is 0 Å². The topological polar surface area (TPSA) is 0 Å². The molecule has 1 radical (unpaired) electrons. The summed E-state index contributed by atoms with van der Waals surface area (Å²) < 4.78 is 0. The molecule has 0 fully saturated rings. The van der Waals surface area contributed by atoms with Crippen LogP contribution >= 0.6 is 0 Å². The van der Waals surface area contributed by atoms with Gasteiger partial charge in [-0.1, -0.05) is 18.6 Å². The van der Waals surface area contributed by atoms with Crippen LogP contribution in [0, 0.1) is 6.92 Å². The van der Waals surface area contributed by atoms with Gasteiger partial charge in [0.2, 0.25) is 0 Å². The van der Waals surface area contributed by atoms with Crippen LogP contribution in [0.2, 0.25) is 0 Å². The van der Waals surface area contributed by atoms with E-state index >= 15 is 0 Å². The largest absolute Gasteiger partial charge is 0.0859 e. The minimum atomic E-state index is 0.952. The maximum atomic E-state index is 3.74. The first-order valence-corrected chi connectivity index (χ1v) is 2.76. The normalized spacial score (nSPS) is 12.1. The third kappa shape index (κ3) is 3.57. The Kier molecular flexibility index (Phi) is 3.77. The highest BCUT2D eigenvalue weighted by Gasteiger charge is 1.76. The fraction of sp³-hybridized carbons (Fsp3) is 0.571. The first-order chi connectivity index (χ1) is 3.31. The Morgan fingerprint density at radius 2 is 2.29 bits per heavy atom. The fourth-order valence-corrected chi connectivity index (χ4v) is 0.451. The molecule has 0 atom stereocenters. The van der Waals surface area contributed by atoms with Crippen LogP contribution in [-0.2, 0) is 0 Å². The summed E-state index contributed by atoms with van der Waals surface area (Å²) in [7, 11) is 0. The molecule has 0 aliphatic rings. The van der Waals surface area contributed by atoms with Gasteiger partial charge in [0.05, 0.1) is 0 Å². The first-order valence-electron chi connectivity index (χ1n) is 2.76. The van der Waals surface area contributed by atoms with Gasteiger partial charge in [-0.2, -0.15) is 0 Å². The third-order valence-corrected chi connectivity index (χ3v) is 0.947. The zero-order valence-corrected chi connectivity index (χ0v) is 5.20. The average molecular weight is 97.2 g/mol. The Balaban J connectivity index is 3.29. The van der Waals surface area contributed by atoms with Gasteiger partial charge in [0.15, 0.2) is 0 Å². The van der Waals surface area contributed by atoms with E-state index in [4.69, 9.17) is 0 Å². The van der Waals surface area contributed by atoms with Crippen LogP contribution in [0.5, 0.6) is 0 Å². The Labute approximate surface area is 46.2 Å². The summed E-state index contributed by atoms with van der Waals surface area (Å²) in [6, 6.07) is 0. The van der Waals surface area contributed by atoms with Gasteiger partial charge in [-0.15, -0.1) is 0 Å². The minimum absolute atomic E-state index is 0.952. The molecule has 0 saturated carbocycles. The van der Waals surface area contributed by atoms with Gasteiger partial charge in [-0.05, 0) is 26.7 Å². The summed E-state index contributed by atoms with van der Waals surface area (Å²) in [5.74, 6) is 0. The molecule has 0 spiro atoms. The first kappa shape index (κ1) is 6.74. The van der Waals surface area contributed by atoms with Crippen molar-refractivity contribution in [3.8, 4) is 0 Å². The molecule has 0 aromatic heterocycles. The maximum absolute atomic E-state index is 3.74. The van der Waals surface area contributed by atoms with Gasteiger partial charge in [0.1, 0.15) is 0 Å². The summed E-state index contributed by atoms with van der Waals surface area (Å²) in [4.78, 5) is 0. The van der Waals surface area contributed by atoms with Crippen molar-refractivity contribution in [3.63, 3.8) is 0 Å². The minimum Gasteiger partial charge on any atom is -0.0859 e. The number of allylic oxidation sites excluding steroid dienone is 2. The Bertz CT molecular complexity index is 60.4. The Morgan fingerprint density at radius 1 is 1.71 bits per heavy atom. The lowest BCUT2D eigenvalue weighted by Crippen LogP contribution is -1.67. The van der Waals surface area contributed by atoms with Crippen molar-refractivity contribution in [1.29, 1.82) is 0 Å². The molecule has 0 rings (SSSR count). The highest BCUT2D eigenvalue weighted by Crippen LogP contribution is 1.97. The van der Waals surface area contributed by atoms with E-state index in [1.165, 1.54) is 5.57 Å². The van der Waals surface area contributed by atoms with E-state index in [1.54, 1.807) is 0 Å². The van der Waals surface area contributed by atoms with Gasteiger partial charge < -0.3 is 0 Å². The van der Waals surface area contributed by atoms with Crippen LogP contribution in [0.1, 0.15) is 26.7 Å². The molecule has 7 heavy (non-hydrogen) atoms. The SMILES string of the molecule is [CH2]C/C(C)=C/CC. The summed E-state index contributed by atoms with van der Waals surface area (Å²) in [6.45, 7) is 7.98. The average Bonchev–Trinajstić information content (AvgIpc) is 1.68. The zero-order chi connectivity index (χ0) is 5.70. The van der Waals surface area contributed by atoms with Crippen LogP contribution in [0.4, 0.5) is 0 Å². The van der Waals surface area contributed by atoms with E-state index in [1.807, 2.05) is 0 Å². The van der Waals surface area contributed by atoms with Gasteiger partial charge in [-0.3, -0.25) is 0 Å². The summed E-state index contributed by atoms with van der Waals surface area (Å²) in [5.41, 5.74) is 1.39. The van der Waals surface area contributed by atoms with E-state index in [-0.39, 0.29) is 0 Å². The van der Waals surface area contributed by atoms with E-state index in [0.29, 0.717) is 0 Å². The monoisotopic (exact) mass is 97.1 g/mol. The fourth-order valence-electron chi connectivity index (χ4n) is 0.451. The van der Waals surface area contributed by atoms with Crippen LogP contribution < -0.4 is 0 Å². The molecule has 0 nitrogen and oxygen atoms in total. The second kappa shape index (κ2) is 3.91. The predicted octanol–water partition coefficient (Wildman–Crippen LogP) is 2.57. The maximum Gasteiger partial charge on any atom is -0.0323 e. The van der Waals surface area contributed by atoms with E-state index in [9.17, 15) is 0 Å². The van der Waals surface area contributed by atoms with Gasteiger partial charge in [-0.25, -0.2) is 0 Å². The lowest BCUT2D eigenvalue weighted by molar-refractivity contribution is 1.12. The van der Waals surface area contributed by atoms with Gasteiger partial charge >= 0.3 is 0 Å². The number of hydrogen-bond donors (Lipinski definition) is 0. The van der Waals surface area contributed by atoms with Gasteiger partial charge in [0.25, 0.3) is 0 Å². The second-order valence-electron chi connectivity index (χ2n) is 1.71. The van der Waals surface area contributed by atoms with Gasteiger partial charge in [0, 0.05) is 0 Å². The highest BCUT2D eigenvalue weighted by molar-refractivity contribution is 4.97. The molecule has 0 N–H and O–H groups in total. The van der Waals surface area contributed by atoms with Crippen molar-refractivity contribution in [2.75, 3.05) is 0 Å². The Hall–Kier alpha value is -0.260. The van der Waals surface area contributed by atoms with Crippen molar-refractivity contribution in [2.45, 2.75) is 26.7 Å². The van der Waals surface area contributed by atoms with Crippen LogP contribution in [0.15, 0.2) is 11.6 Å². The van der Waals surface area contributed by atoms with Crippen molar-refractivity contribution in [2.24, 2.45) is 0 Å². The summed E-state index contributed by atoms with van der Waals surface area (Å²) in [6.07, 6.45) is 4.29. The third-order valence-electron chi connectivity index (χ3n) is 0.947. The van der Waals surface area contributed by atoms with Crippen molar-refractivity contribution in [1.82, 2.24) is 0 Å². The molecule has 0 bridgehead atoms. The molecule has 0 aromatic rings. The van der Waals surface area contributed by atoms with Crippen molar-refractivity contribution >= 4 is 0 Å². The predicted molar refractivity (Wildman–Crippen MR) is 34.0 cm³/mol. The molecular weight excluding hydrogens is 84.1 g/mol. The summed E-state index contributed by atoms with van der Waals surface area (Å²) >= 11 is 0. The molecule has 0 heterocycles. The second-order valence-corrected chi connectivity index (χ2v) is 1.71. The highest BCUT2D eigenvalue weighted by atomic mass is 13.8. The van der Waals surface area contributed by atoms with Crippen LogP contribution in [-0.4, -0.2) is 0 Å². The van der Waals surface area contributed by atoms with E-state index in [2.05, 4.69) is 26.8 Å². The standard InChI is InChI=1S/C7H13/c1-4-6-7(3)5-2/h6H,2,4-5H2,1,3H3/b7-6+. The lowest BCUT2D eigenvalue weighted by atomic mass is 10.2. The smallest absolute Gasteiger partial charge is 0.0323 e. The van der Waals surface area contributed by atoms with Crippen molar-refractivity contribution in [3.05, 3.63) is 18.6 Å². The van der Waals surface area contributed by atoms with E-state index in [0.717, 1.165) is 12.8 Å². The molecule has 0 amide bonds. The molecule has 0 unspecified atom stereocenters. The van der Waals surface area contributed by atoms with Crippen molar-refractivity contribution < 1.29 is 0 Å². The quantitative estimate of drug-likeness (QED) is 0.464. The lowest BCUT2D eigenvalue weighted by Gasteiger charge is -1.88. The molecule has 0 heteroatoms. The molecule has 0 aliphatic heterocycles. The molecule has 0 saturated heterocycles. The molecule has 0 aromatic carbocycles.